The molecule has 3 aromatic rings. The number of hydrogen-bond donors (Lipinski definition) is 1. The number of morpholine rings is 1. The molecule has 0 atom stereocenters. The molecule has 1 fully saturated rings. The third kappa shape index (κ3) is 5.61. The highest BCUT2D eigenvalue weighted by Crippen LogP contribution is 2.38. The lowest BCUT2D eigenvalue weighted by atomic mass is 9.99. The maximum absolute atomic E-state index is 12.6. The SMILES string of the molecule is COc1cccc(-c2coc3cc(OC)c(/C(C)=C/C(=O)NCCCN4CCOCC4)cc23)c1. The number of allylic oxidation sites excluding steroid dienone is 1. The Bertz CT molecular complexity index is 1160. The minimum atomic E-state index is -0.109. The largest absolute Gasteiger partial charge is 0.497 e. The number of amides is 1. The normalized spacial score (nSPS) is 14.9. The van der Waals surface area contributed by atoms with Crippen molar-refractivity contribution in [3.63, 3.8) is 0 Å². The van der Waals surface area contributed by atoms with Crippen molar-refractivity contribution >= 4 is 22.4 Å². The topological polar surface area (TPSA) is 73.2 Å². The molecule has 7 nitrogen and oxygen atoms in total. The lowest BCUT2D eigenvalue weighted by Crippen LogP contribution is -2.38. The molecule has 1 aliphatic rings. The Morgan fingerprint density at radius 2 is 1.97 bits per heavy atom. The van der Waals surface area contributed by atoms with E-state index in [-0.39, 0.29) is 5.91 Å². The zero-order valence-electron chi connectivity index (χ0n) is 20.1. The summed E-state index contributed by atoms with van der Waals surface area (Å²) in [6.07, 6.45) is 4.28. The van der Waals surface area contributed by atoms with Crippen LogP contribution in [0.25, 0.3) is 27.7 Å². The highest BCUT2D eigenvalue weighted by molar-refractivity contribution is 6.00. The highest BCUT2D eigenvalue weighted by atomic mass is 16.5. The average molecular weight is 465 g/mol. The van der Waals surface area contributed by atoms with Gasteiger partial charge in [-0.1, -0.05) is 12.1 Å². The van der Waals surface area contributed by atoms with Crippen molar-refractivity contribution in [2.75, 3.05) is 53.6 Å². The number of ether oxygens (including phenoxy) is 3. The van der Waals surface area contributed by atoms with Crippen molar-refractivity contribution in [2.45, 2.75) is 13.3 Å². The summed E-state index contributed by atoms with van der Waals surface area (Å²) < 4.78 is 22.2. The molecule has 180 valence electrons. The quantitative estimate of drug-likeness (QED) is 0.375. The molecule has 1 saturated heterocycles. The van der Waals surface area contributed by atoms with Crippen LogP contribution < -0.4 is 14.8 Å². The van der Waals surface area contributed by atoms with Gasteiger partial charge in [0.2, 0.25) is 5.91 Å². The maximum Gasteiger partial charge on any atom is 0.244 e. The van der Waals surface area contributed by atoms with Gasteiger partial charge in [0, 0.05) is 48.3 Å². The van der Waals surface area contributed by atoms with Crippen molar-refractivity contribution in [3.8, 4) is 22.6 Å². The van der Waals surface area contributed by atoms with E-state index in [4.69, 9.17) is 18.6 Å². The number of methoxy groups -OCH3 is 2. The summed E-state index contributed by atoms with van der Waals surface area (Å²) in [6, 6.07) is 11.7. The van der Waals surface area contributed by atoms with Gasteiger partial charge in [-0.25, -0.2) is 0 Å². The molecule has 0 aliphatic carbocycles. The molecule has 0 unspecified atom stereocenters. The minimum Gasteiger partial charge on any atom is -0.497 e. The number of fused-ring (bicyclic) bond motifs is 1. The molecule has 1 N–H and O–H groups in total. The molecule has 0 radical (unpaired) electrons. The second-order valence-electron chi connectivity index (χ2n) is 8.36. The molecule has 0 bridgehead atoms. The molecule has 1 amide bonds. The molecular weight excluding hydrogens is 432 g/mol. The van der Waals surface area contributed by atoms with Gasteiger partial charge in [-0.2, -0.15) is 0 Å². The molecule has 0 spiro atoms. The van der Waals surface area contributed by atoms with Gasteiger partial charge >= 0.3 is 0 Å². The van der Waals surface area contributed by atoms with Crippen molar-refractivity contribution in [2.24, 2.45) is 0 Å². The van der Waals surface area contributed by atoms with Gasteiger partial charge in [0.1, 0.15) is 17.1 Å². The zero-order chi connectivity index (χ0) is 23.9. The number of rotatable bonds is 9. The summed E-state index contributed by atoms with van der Waals surface area (Å²) in [4.78, 5) is 14.9. The van der Waals surface area contributed by atoms with Crippen LogP contribution in [0, 0.1) is 0 Å². The summed E-state index contributed by atoms with van der Waals surface area (Å²) in [7, 11) is 3.27. The van der Waals surface area contributed by atoms with Crippen LogP contribution in [0.5, 0.6) is 11.5 Å². The Balaban J connectivity index is 1.49. The number of benzene rings is 2. The van der Waals surface area contributed by atoms with Crippen LogP contribution in [0.1, 0.15) is 18.9 Å². The maximum atomic E-state index is 12.6. The molecule has 2 heterocycles. The van der Waals surface area contributed by atoms with Crippen LogP contribution >= 0.6 is 0 Å². The smallest absolute Gasteiger partial charge is 0.244 e. The predicted molar refractivity (Wildman–Crippen MR) is 133 cm³/mol. The molecule has 34 heavy (non-hydrogen) atoms. The summed E-state index contributed by atoms with van der Waals surface area (Å²) in [5.74, 6) is 1.33. The Morgan fingerprint density at radius 1 is 1.15 bits per heavy atom. The van der Waals surface area contributed by atoms with E-state index < -0.39 is 0 Å². The molecule has 4 rings (SSSR count). The number of carbonyl (C=O) groups excluding carboxylic acids is 1. The number of hydrogen-bond acceptors (Lipinski definition) is 6. The second kappa shape index (κ2) is 11.2. The van der Waals surface area contributed by atoms with Gasteiger partial charge in [0.05, 0.1) is 33.7 Å². The van der Waals surface area contributed by atoms with E-state index >= 15 is 0 Å². The summed E-state index contributed by atoms with van der Waals surface area (Å²) >= 11 is 0. The third-order valence-corrected chi connectivity index (χ3v) is 6.10. The zero-order valence-corrected chi connectivity index (χ0v) is 20.1. The van der Waals surface area contributed by atoms with Gasteiger partial charge in [0.25, 0.3) is 0 Å². The molecule has 2 aromatic carbocycles. The summed E-state index contributed by atoms with van der Waals surface area (Å²) in [5, 5.41) is 3.94. The summed E-state index contributed by atoms with van der Waals surface area (Å²) in [5.41, 5.74) is 4.34. The van der Waals surface area contributed by atoms with Gasteiger partial charge < -0.3 is 23.9 Å². The number of nitrogens with one attached hydrogen (secondary N) is 1. The van der Waals surface area contributed by atoms with Crippen LogP contribution in [0.15, 0.2) is 53.2 Å². The van der Waals surface area contributed by atoms with E-state index in [0.29, 0.717) is 12.3 Å². The van der Waals surface area contributed by atoms with Crippen LogP contribution in [-0.2, 0) is 9.53 Å². The van der Waals surface area contributed by atoms with Crippen LogP contribution in [0.4, 0.5) is 0 Å². The van der Waals surface area contributed by atoms with Crippen molar-refractivity contribution in [3.05, 3.63) is 54.3 Å². The van der Waals surface area contributed by atoms with Crippen molar-refractivity contribution in [1.82, 2.24) is 10.2 Å². The highest BCUT2D eigenvalue weighted by Gasteiger charge is 2.15. The fraction of sp³-hybridized carbons (Fsp3) is 0.370. The third-order valence-electron chi connectivity index (χ3n) is 6.10. The van der Waals surface area contributed by atoms with Crippen LogP contribution in [0.2, 0.25) is 0 Å². The molecule has 7 heteroatoms. The molecule has 1 aromatic heterocycles. The Hall–Kier alpha value is -3.29. The number of nitrogens with zero attached hydrogens (tertiary/aromatic N) is 1. The van der Waals surface area contributed by atoms with Gasteiger partial charge in [-0.15, -0.1) is 0 Å². The van der Waals surface area contributed by atoms with Gasteiger partial charge in [-0.05, 0) is 49.2 Å². The van der Waals surface area contributed by atoms with Gasteiger partial charge in [0.15, 0.2) is 0 Å². The van der Waals surface area contributed by atoms with E-state index in [1.165, 1.54) is 0 Å². The first kappa shape index (κ1) is 23.9. The van der Waals surface area contributed by atoms with Crippen LogP contribution in [0.3, 0.4) is 0 Å². The number of carbonyl (C=O) groups is 1. The van der Waals surface area contributed by atoms with E-state index in [2.05, 4.69) is 10.2 Å². The predicted octanol–water partition coefficient (Wildman–Crippen LogP) is 4.36. The second-order valence-corrected chi connectivity index (χ2v) is 8.36. The van der Waals surface area contributed by atoms with E-state index in [0.717, 1.165) is 78.3 Å². The fourth-order valence-corrected chi connectivity index (χ4v) is 4.21. The monoisotopic (exact) mass is 464 g/mol. The first-order valence-corrected chi connectivity index (χ1v) is 11.6. The molecule has 1 aliphatic heterocycles. The van der Waals surface area contributed by atoms with Crippen LogP contribution in [-0.4, -0.2) is 64.4 Å². The molecule has 0 saturated carbocycles. The first-order valence-electron chi connectivity index (χ1n) is 11.6. The average Bonchev–Trinajstić information content (AvgIpc) is 3.29. The van der Waals surface area contributed by atoms with E-state index in [1.807, 2.05) is 43.3 Å². The first-order chi connectivity index (χ1) is 16.6. The van der Waals surface area contributed by atoms with E-state index in [9.17, 15) is 4.79 Å². The van der Waals surface area contributed by atoms with Gasteiger partial charge in [-0.3, -0.25) is 9.69 Å². The van der Waals surface area contributed by atoms with E-state index in [1.54, 1.807) is 26.6 Å². The minimum absolute atomic E-state index is 0.109. The van der Waals surface area contributed by atoms with Crippen molar-refractivity contribution < 1.29 is 23.4 Å². The van der Waals surface area contributed by atoms with Crippen molar-refractivity contribution in [1.29, 1.82) is 0 Å². The molecular formula is C27H32N2O5. The lowest BCUT2D eigenvalue weighted by Gasteiger charge is -2.26. The Morgan fingerprint density at radius 3 is 2.74 bits per heavy atom. The standard InChI is InChI=1S/C27H32N2O5/c1-19(14-27(30)28-8-5-9-29-10-12-33-13-11-29)22-16-23-24(18-34-26(23)17-25(22)32-3)20-6-4-7-21(15-20)31-2/h4,6-7,14-18H,5,8-13H2,1-3H3,(H,28,30)/b19-14+. The fourth-order valence-electron chi connectivity index (χ4n) is 4.21. The lowest BCUT2D eigenvalue weighted by molar-refractivity contribution is -0.116. The Labute approximate surface area is 200 Å². The number of furan rings is 1. The Kier molecular flexibility index (Phi) is 7.87. The summed E-state index contributed by atoms with van der Waals surface area (Å²) in [6.45, 7) is 7.01.